The SMILES string of the molecule is Cc1ccc(Cl)c2c1NC(=O)[C@]2(O)CC(=O)c1ccc(Cl)s1. The van der Waals surface area contributed by atoms with Crippen LogP contribution in [0, 0.1) is 6.92 Å². The van der Waals surface area contributed by atoms with Crippen LogP contribution in [0.1, 0.15) is 27.2 Å². The van der Waals surface area contributed by atoms with Crippen molar-refractivity contribution in [3.8, 4) is 0 Å². The number of hydrogen-bond acceptors (Lipinski definition) is 4. The number of amides is 1. The normalized spacial score (nSPS) is 19.9. The van der Waals surface area contributed by atoms with Gasteiger partial charge in [-0.2, -0.15) is 0 Å². The van der Waals surface area contributed by atoms with Crippen molar-refractivity contribution in [2.45, 2.75) is 18.9 Å². The molecular formula is C15H11Cl2NO3S. The van der Waals surface area contributed by atoms with Crippen LogP contribution in [-0.4, -0.2) is 16.8 Å². The van der Waals surface area contributed by atoms with Gasteiger partial charge >= 0.3 is 0 Å². The summed E-state index contributed by atoms with van der Waals surface area (Å²) in [5.74, 6) is -1.00. The molecule has 0 spiro atoms. The quantitative estimate of drug-likeness (QED) is 0.823. The van der Waals surface area contributed by atoms with Crippen LogP contribution < -0.4 is 5.32 Å². The number of fused-ring (bicyclic) bond motifs is 1. The third-order valence-corrected chi connectivity index (χ3v) is 5.24. The van der Waals surface area contributed by atoms with Crippen LogP contribution in [0.5, 0.6) is 0 Å². The van der Waals surface area contributed by atoms with Crippen molar-refractivity contribution in [1.29, 1.82) is 0 Å². The van der Waals surface area contributed by atoms with E-state index in [4.69, 9.17) is 23.2 Å². The van der Waals surface area contributed by atoms with Gasteiger partial charge in [0.25, 0.3) is 5.91 Å². The Bertz CT molecular complexity index is 802. The molecule has 0 unspecified atom stereocenters. The number of anilines is 1. The van der Waals surface area contributed by atoms with Crippen molar-refractivity contribution in [1.82, 2.24) is 0 Å². The van der Waals surface area contributed by atoms with Gasteiger partial charge in [0.2, 0.25) is 0 Å². The zero-order valence-corrected chi connectivity index (χ0v) is 13.8. The first-order valence-corrected chi connectivity index (χ1v) is 8.02. The summed E-state index contributed by atoms with van der Waals surface area (Å²) in [6.07, 6.45) is -0.383. The lowest BCUT2D eigenvalue weighted by atomic mass is 9.88. The first kappa shape index (κ1) is 15.5. The number of carbonyl (C=O) groups is 2. The van der Waals surface area contributed by atoms with Gasteiger partial charge in [-0.15, -0.1) is 11.3 Å². The van der Waals surface area contributed by atoms with E-state index in [1.807, 2.05) is 0 Å². The monoisotopic (exact) mass is 355 g/mol. The van der Waals surface area contributed by atoms with Gasteiger partial charge < -0.3 is 10.4 Å². The van der Waals surface area contributed by atoms with Gasteiger partial charge in [0.15, 0.2) is 11.4 Å². The molecule has 1 aliphatic rings. The summed E-state index contributed by atoms with van der Waals surface area (Å²) in [4.78, 5) is 25.0. The molecule has 2 heterocycles. The van der Waals surface area contributed by atoms with Crippen LogP contribution in [0.15, 0.2) is 24.3 Å². The van der Waals surface area contributed by atoms with Gasteiger partial charge in [-0.1, -0.05) is 29.3 Å². The third-order valence-electron chi connectivity index (χ3n) is 3.65. The average Bonchev–Trinajstić information content (AvgIpc) is 2.99. The maximum atomic E-state index is 12.3. The number of Topliss-reactive ketones (excluding diaryl/α,β-unsaturated/α-hetero) is 1. The lowest BCUT2D eigenvalue weighted by Gasteiger charge is -2.20. The molecule has 0 bridgehead atoms. The summed E-state index contributed by atoms with van der Waals surface area (Å²) in [6.45, 7) is 1.79. The first-order chi connectivity index (χ1) is 10.3. The molecule has 7 heteroatoms. The molecule has 1 aromatic carbocycles. The fraction of sp³-hybridized carbons (Fsp3) is 0.200. The van der Waals surface area contributed by atoms with Gasteiger partial charge in [-0.05, 0) is 30.7 Å². The van der Waals surface area contributed by atoms with Crippen molar-refractivity contribution >= 4 is 51.9 Å². The summed E-state index contributed by atoms with van der Waals surface area (Å²) in [7, 11) is 0. The molecule has 1 amide bonds. The lowest BCUT2D eigenvalue weighted by molar-refractivity contribution is -0.133. The predicted molar refractivity (Wildman–Crippen MR) is 87.0 cm³/mol. The zero-order chi connectivity index (χ0) is 16.1. The summed E-state index contributed by atoms with van der Waals surface area (Å²) in [5, 5.41) is 13.7. The molecule has 0 saturated carbocycles. The molecule has 2 N–H and O–H groups in total. The molecule has 0 fully saturated rings. The minimum Gasteiger partial charge on any atom is -0.375 e. The maximum Gasteiger partial charge on any atom is 0.261 e. The van der Waals surface area contributed by atoms with Crippen LogP contribution in [0.3, 0.4) is 0 Å². The number of halogens is 2. The van der Waals surface area contributed by atoms with Crippen molar-refractivity contribution in [2.75, 3.05) is 5.32 Å². The van der Waals surface area contributed by atoms with E-state index >= 15 is 0 Å². The second-order valence-corrected chi connectivity index (χ2v) is 7.25. The molecule has 4 nitrogen and oxygen atoms in total. The van der Waals surface area contributed by atoms with Crippen molar-refractivity contribution in [3.05, 3.63) is 49.6 Å². The molecular weight excluding hydrogens is 345 g/mol. The lowest BCUT2D eigenvalue weighted by Crippen LogP contribution is -2.36. The molecule has 0 radical (unpaired) electrons. The summed E-state index contributed by atoms with van der Waals surface area (Å²) >= 11 is 13.1. The average molecular weight is 356 g/mol. The molecule has 0 aliphatic carbocycles. The standard InChI is InChI=1S/C15H11Cl2NO3S/c1-7-2-3-8(16)12-13(7)18-14(20)15(12,21)6-9(19)10-4-5-11(17)22-10/h2-5,21H,6H2,1H3,(H,18,20)/t15-/m0/s1. The second kappa shape index (κ2) is 5.35. The first-order valence-electron chi connectivity index (χ1n) is 6.45. The van der Waals surface area contributed by atoms with E-state index in [2.05, 4.69) is 5.32 Å². The molecule has 1 aromatic heterocycles. The number of aryl methyl sites for hydroxylation is 1. The van der Waals surface area contributed by atoms with Gasteiger partial charge in [0.05, 0.1) is 21.3 Å². The number of hydrogen-bond donors (Lipinski definition) is 2. The molecule has 22 heavy (non-hydrogen) atoms. The Morgan fingerprint density at radius 2 is 2.05 bits per heavy atom. The van der Waals surface area contributed by atoms with Crippen LogP contribution >= 0.6 is 34.5 Å². The number of rotatable bonds is 3. The Morgan fingerprint density at radius 3 is 2.68 bits per heavy atom. The summed E-state index contributed by atoms with van der Waals surface area (Å²) < 4.78 is 0.473. The molecule has 1 atom stereocenters. The number of ketones is 1. The van der Waals surface area contributed by atoms with E-state index < -0.39 is 11.5 Å². The van der Waals surface area contributed by atoms with Gasteiger partial charge in [0, 0.05) is 10.6 Å². The van der Waals surface area contributed by atoms with Crippen LogP contribution in [0.4, 0.5) is 5.69 Å². The highest BCUT2D eigenvalue weighted by Gasteiger charge is 2.48. The number of carbonyl (C=O) groups excluding carboxylic acids is 2. The van der Waals surface area contributed by atoms with Crippen molar-refractivity contribution < 1.29 is 14.7 Å². The minimum absolute atomic E-state index is 0.249. The van der Waals surface area contributed by atoms with Crippen LogP contribution in [0.25, 0.3) is 0 Å². The Kier molecular flexibility index (Phi) is 3.77. The number of thiophene rings is 1. The fourth-order valence-corrected chi connectivity index (χ4v) is 3.82. The molecule has 1 aliphatic heterocycles. The highest BCUT2D eigenvalue weighted by atomic mass is 35.5. The Balaban J connectivity index is 2.02. The van der Waals surface area contributed by atoms with E-state index in [1.54, 1.807) is 31.2 Å². The Labute approximate surface area is 140 Å². The highest BCUT2D eigenvalue weighted by molar-refractivity contribution is 7.18. The van der Waals surface area contributed by atoms with E-state index in [-0.39, 0.29) is 22.8 Å². The summed E-state index contributed by atoms with van der Waals surface area (Å²) in [5.41, 5.74) is -0.464. The van der Waals surface area contributed by atoms with E-state index in [0.29, 0.717) is 14.9 Å². The largest absolute Gasteiger partial charge is 0.375 e. The molecule has 114 valence electrons. The van der Waals surface area contributed by atoms with Gasteiger partial charge in [0.1, 0.15) is 0 Å². The van der Waals surface area contributed by atoms with Gasteiger partial charge in [-0.3, -0.25) is 9.59 Å². The molecule has 0 saturated heterocycles. The molecule has 2 aromatic rings. The topological polar surface area (TPSA) is 66.4 Å². The molecule has 3 rings (SSSR count). The maximum absolute atomic E-state index is 12.3. The Morgan fingerprint density at radius 1 is 1.32 bits per heavy atom. The van der Waals surface area contributed by atoms with Crippen LogP contribution in [-0.2, 0) is 10.4 Å². The number of nitrogens with one attached hydrogen (secondary N) is 1. The minimum atomic E-state index is -1.97. The fourth-order valence-electron chi connectivity index (χ4n) is 2.53. The predicted octanol–water partition coefficient (Wildman–Crippen LogP) is 3.78. The Hall–Kier alpha value is -1.40. The third kappa shape index (κ3) is 2.34. The van der Waals surface area contributed by atoms with E-state index in [1.165, 1.54) is 0 Å². The van der Waals surface area contributed by atoms with Crippen LogP contribution in [0.2, 0.25) is 9.36 Å². The van der Waals surface area contributed by atoms with Crippen molar-refractivity contribution in [2.24, 2.45) is 0 Å². The number of aliphatic hydroxyl groups is 1. The zero-order valence-electron chi connectivity index (χ0n) is 11.4. The number of benzene rings is 1. The van der Waals surface area contributed by atoms with Crippen molar-refractivity contribution in [3.63, 3.8) is 0 Å². The summed E-state index contributed by atoms with van der Waals surface area (Å²) in [6, 6.07) is 6.52. The smallest absolute Gasteiger partial charge is 0.261 e. The second-order valence-electron chi connectivity index (χ2n) is 5.13. The highest BCUT2D eigenvalue weighted by Crippen LogP contribution is 2.45. The van der Waals surface area contributed by atoms with Gasteiger partial charge in [-0.25, -0.2) is 0 Å². The van der Waals surface area contributed by atoms with E-state index in [9.17, 15) is 14.7 Å². The van der Waals surface area contributed by atoms with E-state index in [0.717, 1.165) is 16.9 Å².